The lowest BCUT2D eigenvalue weighted by Gasteiger charge is -2.54. The van der Waals surface area contributed by atoms with Gasteiger partial charge in [-0.1, -0.05) is 11.6 Å². The Kier molecular flexibility index (Phi) is 4.86. The number of carbonyl (C=O) groups is 2. The highest BCUT2D eigenvalue weighted by Gasteiger charge is 2.60. The first-order valence-electron chi connectivity index (χ1n) is 8.73. The van der Waals surface area contributed by atoms with E-state index in [9.17, 15) is 9.59 Å². The van der Waals surface area contributed by atoms with Gasteiger partial charge < -0.3 is 14.4 Å². The van der Waals surface area contributed by atoms with Crippen LogP contribution in [0, 0.1) is 5.92 Å². The summed E-state index contributed by atoms with van der Waals surface area (Å²) in [5, 5.41) is 0.205. The molecule has 1 saturated carbocycles. The van der Waals surface area contributed by atoms with Crippen LogP contribution in [0.3, 0.4) is 0 Å². The molecule has 0 N–H and O–H groups in total. The van der Waals surface area contributed by atoms with E-state index in [2.05, 4.69) is 9.97 Å². The zero-order valence-corrected chi connectivity index (χ0v) is 16.2. The molecular formula is C18H24ClN3O4. The fourth-order valence-electron chi connectivity index (χ4n) is 4.18. The monoisotopic (exact) mass is 381 g/mol. The van der Waals surface area contributed by atoms with Gasteiger partial charge in [-0.15, -0.1) is 0 Å². The third-order valence-corrected chi connectivity index (χ3v) is 5.28. The number of esters is 1. The van der Waals surface area contributed by atoms with Crippen LogP contribution in [0.5, 0.6) is 0 Å². The van der Waals surface area contributed by atoms with Gasteiger partial charge in [-0.2, -0.15) is 0 Å². The number of nitrogens with zero attached hydrogens (tertiary/aromatic N) is 3. The van der Waals surface area contributed by atoms with Crippen molar-refractivity contribution < 1.29 is 19.1 Å². The van der Waals surface area contributed by atoms with Crippen molar-refractivity contribution in [3.8, 4) is 0 Å². The summed E-state index contributed by atoms with van der Waals surface area (Å²) < 4.78 is 10.7. The molecule has 2 aliphatic heterocycles. The van der Waals surface area contributed by atoms with Gasteiger partial charge in [-0.05, 0) is 46.0 Å². The van der Waals surface area contributed by atoms with Crippen LogP contribution in [0.4, 0.5) is 4.79 Å². The van der Waals surface area contributed by atoms with Crippen LogP contribution in [0.1, 0.15) is 45.7 Å². The number of rotatable bonds is 2. The Labute approximate surface area is 158 Å². The number of carbonyl (C=O) groups excluding carboxylic acids is 2. The van der Waals surface area contributed by atoms with E-state index in [0.717, 1.165) is 6.42 Å². The van der Waals surface area contributed by atoms with Gasteiger partial charge in [0, 0.05) is 12.7 Å². The van der Waals surface area contributed by atoms with Gasteiger partial charge in [0.25, 0.3) is 0 Å². The van der Waals surface area contributed by atoms with Gasteiger partial charge in [0.15, 0.2) is 0 Å². The number of methoxy groups -OCH3 is 1. The number of hydrogen-bond acceptors (Lipinski definition) is 6. The number of halogens is 1. The van der Waals surface area contributed by atoms with Crippen molar-refractivity contribution in [3.63, 3.8) is 0 Å². The molecule has 0 radical (unpaired) electrons. The molecule has 2 saturated heterocycles. The minimum Gasteiger partial charge on any atom is -0.468 e. The van der Waals surface area contributed by atoms with E-state index in [1.807, 2.05) is 20.8 Å². The third kappa shape index (κ3) is 3.24. The molecule has 4 rings (SSSR count). The minimum atomic E-state index is -1.08. The Morgan fingerprint density at radius 1 is 1.31 bits per heavy atom. The van der Waals surface area contributed by atoms with Crippen molar-refractivity contribution in [3.05, 3.63) is 23.2 Å². The summed E-state index contributed by atoms with van der Waals surface area (Å²) in [5.74, 6) is -0.260. The minimum absolute atomic E-state index is 0.160. The average molecular weight is 382 g/mol. The molecule has 1 amide bonds. The lowest BCUT2D eigenvalue weighted by molar-refractivity contribution is -0.157. The van der Waals surface area contributed by atoms with Crippen molar-refractivity contribution in [2.45, 2.75) is 57.1 Å². The summed E-state index contributed by atoms with van der Waals surface area (Å²) in [6, 6.07) is -0.400. The molecule has 1 aliphatic carbocycles. The highest BCUT2D eigenvalue weighted by molar-refractivity contribution is 6.29. The van der Waals surface area contributed by atoms with E-state index in [0.29, 0.717) is 25.1 Å². The molecule has 7 nitrogen and oxygen atoms in total. The second-order valence-electron chi connectivity index (χ2n) is 7.99. The van der Waals surface area contributed by atoms with Gasteiger partial charge in [0.2, 0.25) is 0 Å². The Morgan fingerprint density at radius 3 is 2.62 bits per heavy atom. The fourth-order valence-corrected chi connectivity index (χ4v) is 4.32. The van der Waals surface area contributed by atoms with Gasteiger partial charge >= 0.3 is 12.1 Å². The standard InChI is InChI=1S/C18H24ClN3O4/c1-17(2,3)26-16(24)22-10-11-5-6-13(22)18(7-11,15(23)25-4)12-8-20-9-14(19)21-12/h8-9,11,13H,5-7,10H2,1-4H3. The van der Waals surface area contributed by atoms with Crippen LogP contribution < -0.4 is 0 Å². The van der Waals surface area contributed by atoms with Crippen LogP contribution in [-0.2, 0) is 19.7 Å². The molecule has 1 aromatic heterocycles. The molecule has 26 heavy (non-hydrogen) atoms. The van der Waals surface area contributed by atoms with Crippen molar-refractivity contribution in [1.29, 1.82) is 0 Å². The molecular weight excluding hydrogens is 358 g/mol. The second kappa shape index (κ2) is 6.68. The maximum atomic E-state index is 12.9. The Hall–Kier alpha value is -1.89. The Morgan fingerprint density at radius 2 is 2.04 bits per heavy atom. The predicted octanol–water partition coefficient (Wildman–Crippen LogP) is 2.96. The van der Waals surface area contributed by atoms with Crippen molar-refractivity contribution >= 4 is 23.7 Å². The number of ether oxygens (including phenoxy) is 2. The van der Waals surface area contributed by atoms with Crippen molar-refractivity contribution in [1.82, 2.24) is 14.9 Å². The molecule has 3 aliphatic rings. The largest absolute Gasteiger partial charge is 0.468 e. The molecule has 0 aromatic carbocycles. The first kappa shape index (κ1) is 18.9. The van der Waals surface area contributed by atoms with Crippen LogP contribution in [0.25, 0.3) is 0 Å². The van der Waals surface area contributed by atoms with E-state index in [4.69, 9.17) is 21.1 Å². The van der Waals surface area contributed by atoms with E-state index < -0.39 is 29.1 Å². The van der Waals surface area contributed by atoms with Gasteiger partial charge in [-0.3, -0.25) is 9.78 Å². The quantitative estimate of drug-likeness (QED) is 0.732. The van der Waals surface area contributed by atoms with Crippen LogP contribution >= 0.6 is 11.6 Å². The highest BCUT2D eigenvalue weighted by atomic mass is 35.5. The van der Waals surface area contributed by atoms with E-state index in [1.54, 1.807) is 4.90 Å². The summed E-state index contributed by atoms with van der Waals surface area (Å²) in [6.45, 7) is 6.03. The Balaban J connectivity index is 2.05. The summed E-state index contributed by atoms with van der Waals surface area (Å²) in [6.07, 6.45) is 4.71. The highest BCUT2D eigenvalue weighted by Crippen LogP contribution is 2.49. The van der Waals surface area contributed by atoms with Gasteiger partial charge in [-0.25, -0.2) is 9.78 Å². The SMILES string of the molecule is COC(=O)C1(c2cncc(Cl)n2)CC2CCC1N(C(=O)OC(C)(C)C)C2. The maximum absolute atomic E-state index is 12.9. The molecule has 1 aromatic rings. The van der Waals surface area contributed by atoms with E-state index >= 15 is 0 Å². The van der Waals surface area contributed by atoms with Crippen molar-refractivity contribution in [2.75, 3.05) is 13.7 Å². The smallest absolute Gasteiger partial charge is 0.410 e. The number of piperidine rings is 2. The molecule has 2 bridgehead atoms. The molecule has 0 spiro atoms. The van der Waals surface area contributed by atoms with Crippen LogP contribution in [0.2, 0.25) is 5.15 Å². The molecule has 8 heteroatoms. The first-order valence-corrected chi connectivity index (χ1v) is 9.11. The second-order valence-corrected chi connectivity index (χ2v) is 8.37. The number of hydrogen-bond donors (Lipinski definition) is 0. The summed E-state index contributed by atoms with van der Waals surface area (Å²) in [5.41, 5.74) is -1.25. The summed E-state index contributed by atoms with van der Waals surface area (Å²) in [7, 11) is 1.35. The maximum Gasteiger partial charge on any atom is 0.410 e. The average Bonchev–Trinajstić information content (AvgIpc) is 2.59. The molecule has 3 unspecified atom stereocenters. The molecule has 142 valence electrons. The third-order valence-electron chi connectivity index (χ3n) is 5.10. The van der Waals surface area contributed by atoms with Crippen molar-refractivity contribution in [2.24, 2.45) is 5.92 Å². The van der Waals surface area contributed by atoms with Crippen LogP contribution in [0.15, 0.2) is 12.4 Å². The number of aromatic nitrogens is 2. The zero-order chi connectivity index (χ0) is 19.1. The van der Waals surface area contributed by atoms with Crippen LogP contribution in [-0.4, -0.2) is 52.2 Å². The summed E-state index contributed by atoms with van der Waals surface area (Å²) in [4.78, 5) is 35.8. The zero-order valence-electron chi connectivity index (χ0n) is 15.5. The first-order chi connectivity index (χ1) is 12.2. The molecule has 3 atom stereocenters. The normalized spacial score (nSPS) is 28.0. The van der Waals surface area contributed by atoms with E-state index in [-0.39, 0.29) is 11.1 Å². The number of fused-ring (bicyclic) bond motifs is 3. The molecule has 3 fully saturated rings. The predicted molar refractivity (Wildman–Crippen MR) is 94.8 cm³/mol. The van der Waals surface area contributed by atoms with Gasteiger partial charge in [0.05, 0.1) is 25.0 Å². The number of amides is 1. The molecule has 3 heterocycles. The van der Waals surface area contributed by atoms with E-state index in [1.165, 1.54) is 19.5 Å². The Bertz CT molecular complexity index is 721. The lowest BCUT2D eigenvalue weighted by atomic mass is 9.61. The van der Waals surface area contributed by atoms with Gasteiger partial charge in [0.1, 0.15) is 16.2 Å². The topological polar surface area (TPSA) is 81.6 Å². The fraction of sp³-hybridized carbons (Fsp3) is 0.667. The lowest BCUT2D eigenvalue weighted by Crippen LogP contribution is -2.66. The summed E-state index contributed by atoms with van der Waals surface area (Å²) >= 11 is 6.03.